The third kappa shape index (κ3) is 4.69. The third-order valence-corrected chi connectivity index (χ3v) is 8.69. The summed E-state index contributed by atoms with van der Waals surface area (Å²) < 4.78 is 102. The summed E-state index contributed by atoms with van der Waals surface area (Å²) in [6, 6.07) is 5.86. The van der Waals surface area contributed by atoms with Crippen molar-refractivity contribution in [1.29, 1.82) is 0 Å². The molecule has 39 heavy (non-hydrogen) atoms. The quantitative estimate of drug-likeness (QED) is 0.132. The summed E-state index contributed by atoms with van der Waals surface area (Å²) >= 11 is 0. The molecule has 8 N–H and O–H groups in total. The number of hydrogen-bond acceptors (Lipinski definition) is 11. The molecule has 14 nitrogen and oxygen atoms in total. The lowest BCUT2D eigenvalue weighted by Crippen LogP contribution is -2.26. The van der Waals surface area contributed by atoms with Crippen molar-refractivity contribution in [3.8, 4) is 11.1 Å². The minimum Gasteiger partial charge on any atom is -0.397 e. The first kappa shape index (κ1) is 28.3. The number of carbonyl (C=O) groups is 2. The standard InChI is InChI=1S/C22H19N3O11S3/c1-25-8-9-2-4-12(14(6-9)38(31,32)33)15-16-17(19(24)22(18(15)23)39(34,35)36)20(26)11-5-3-10(37(28,29)30)7-13(11)21(16)27/h2-7,25H,8,23-24H2,1H3,(H,28,29,30)(H,31,32,33)(H,34,35,36). The van der Waals surface area contributed by atoms with Crippen molar-refractivity contribution in [3.63, 3.8) is 0 Å². The number of hydrogen-bond donors (Lipinski definition) is 6. The Balaban J connectivity index is 2.24. The minimum atomic E-state index is -5.29. The zero-order chi connectivity index (χ0) is 29.2. The minimum absolute atomic E-state index is 0.123. The molecule has 0 heterocycles. The van der Waals surface area contributed by atoms with E-state index in [2.05, 4.69) is 5.32 Å². The summed E-state index contributed by atoms with van der Waals surface area (Å²) in [6.45, 7) is 0.123. The average molecular weight is 598 g/mol. The van der Waals surface area contributed by atoms with Gasteiger partial charge in [0.05, 0.1) is 21.8 Å². The zero-order valence-corrected chi connectivity index (χ0v) is 22.1. The molecule has 0 saturated carbocycles. The van der Waals surface area contributed by atoms with Gasteiger partial charge in [-0.2, -0.15) is 25.3 Å². The molecular weight excluding hydrogens is 578 g/mol. The summed E-state index contributed by atoms with van der Waals surface area (Å²) in [5.41, 5.74) is 6.82. The van der Waals surface area contributed by atoms with Gasteiger partial charge in [0.15, 0.2) is 11.6 Å². The molecule has 0 radical (unpaired) electrons. The van der Waals surface area contributed by atoms with Gasteiger partial charge in [-0.1, -0.05) is 12.1 Å². The largest absolute Gasteiger partial charge is 0.397 e. The van der Waals surface area contributed by atoms with Crippen LogP contribution in [0.3, 0.4) is 0 Å². The molecule has 0 saturated heterocycles. The summed E-state index contributed by atoms with van der Waals surface area (Å²) in [6.07, 6.45) is 0. The van der Waals surface area contributed by atoms with Crippen LogP contribution in [0, 0.1) is 0 Å². The predicted molar refractivity (Wildman–Crippen MR) is 136 cm³/mol. The highest BCUT2D eigenvalue weighted by molar-refractivity contribution is 7.86. The highest BCUT2D eigenvalue weighted by atomic mass is 32.2. The number of anilines is 2. The number of nitrogens with two attached hydrogens (primary N) is 2. The van der Waals surface area contributed by atoms with Crippen LogP contribution in [-0.2, 0) is 36.9 Å². The van der Waals surface area contributed by atoms with E-state index in [1.807, 2.05) is 0 Å². The maximum absolute atomic E-state index is 13.7. The highest BCUT2D eigenvalue weighted by Gasteiger charge is 2.40. The highest BCUT2D eigenvalue weighted by Crippen LogP contribution is 2.47. The summed E-state index contributed by atoms with van der Waals surface area (Å²) in [5, 5.41) is 2.76. The number of ketones is 2. The van der Waals surface area contributed by atoms with Gasteiger partial charge in [-0.15, -0.1) is 0 Å². The smallest absolute Gasteiger partial charge is 0.298 e. The fraction of sp³-hybridized carbons (Fsp3) is 0.0909. The molecule has 3 aromatic carbocycles. The molecule has 0 unspecified atom stereocenters. The van der Waals surface area contributed by atoms with E-state index < -0.39 is 101 Å². The Kier molecular flexibility index (Phi) is 6.67. The lowest BCUT2D eigenvalue weighted by molar-refractivity contribution is 0.0979. The molecule has 3 aromatic rings. The monoisotopic (exact) mass is 597 g/mol. The summed E-state index contributed by atoms with van der Waals surface area (Å²) in [5.74, 6) is -2.23. The van der Waals surface area contributed by atoms with E-state index in [-0.39, 0.29) is 6.54 Å². The van der Waals surface area contributed by atoms with Gasteiger partial charge in [0, 0.05) is 34.4 Å². The first-order valence-electron chi connectivity index (χ1n) is 10.6. The van der Waals surface area contributed by atoms with E-state index in [9.17, 15) is 48.5 Å². The van der Waals surface area contributed by atoms with Crippen LogP contribution in [0.2, 0.25) is 0 Å². The number of benzene rings is 3. The molecule has 0 amide bonds. The lowest BCUT2D eigenvalue weighted by atomic mass is 9.79. The van der Waals surface area contributed by atoms with E-state index in [1.54, 1.807) is 7.05 Å². The van der Waals surface area contributed by atoms with Crippen LogP contribution < -0.4 is 16.8 Å². The van der Waals surface area contributed by atoms with Crippen LogP contribution in [0.5, 0.6) is 0 Å². The second kappa shape index (κ2) is 9.19. The normalized spacial score (nSPS) is 13.7. The second-order valence-electron chi connectivity index (χ2n) is 8.43. The molecular formula is C22H19N3O11S3. The van der Waals surface area contributed by atoms with Gasteiger partial charge >= 0.3 is 0 Å². The third-order valence-electron chi connectivity index (χ3n) is 5.99. The fourth-order valence-corrected chi connectivity index (χ4v) is 6.44. The number of nitrogen functional groups attached to an aromatic ring is 2. The van der Waals surface area contributed by atoms with Crippen LogP contribution >= 0.6 is 0 Å². The first-order valence-corrected chi connectivity index (χ1v) is 14.9. The zero-order valence-electron chi connectivity index (χ0n) is 19.7. The molecule has 1 aliphatic carbocycles. The van der Waals surface area contributed by atoms with Crippen molar-refractivity contribution in [3.05, 3.63) is 64.2 Å². The predicted octanol–water partition coefficient (Wildman–Crippen LogP) is 0.753. The van der Waals surface area contributed by atoms with Gasteiger partial charge in [0.25, 0.3) is 30.4 Å². The van der Waals surface area contributed by atoms with Gasteiger partial charge < -0.3 is 16.8 Å². The van der Waals surface area contributed by atoms with E-state index >= 15 is 0 Å². The van der Waals surface area contributed by atoms with Crippen LogP contribution in [0.15, 0.2) is 51.1 Å². The van der Waals surface area contributed by atoms with Crippen molar-refractivity contribution < 1.29 is 48.5 Å². The lowest BCUT2D eigenvalue weighted by Gasteiger charge is -2.26. The maximum Gasteiger partial charge on any atom is 0.298 e. The summed E-state index contributed by atoms with van der Waals surface area (Å²) in [4.78, 5) is 24.5. The van der Waals surface area contributed by atoms with Gasteiger partial charge in [0.2, 0.25) is 0 Å². The Morgan fingerprint density at radius 3 is 1.79 bits per heavy atom. The van der Waals surface area contributed by atoms with E-state index in [1.165, 1.54) is 6.07 Å². The number of nitrogens with one attached hydrogen (secondary N) is 1. The molecule has 0 spiro atoms. The van der Waals surface area contributed by atoms with Gasteiger partial charge in [-0.25, -0.2) is 0 Å². The van der Waals surface area contributed by atoms with Crippen molar-refractivity contribution in [2.45, 2.75) is 21.2 Å². The summed E-state index contributed by atoms with van der Waals surface area (Å²) in [7, 11) is -13.6. The Morgan fingerprint density at radius 1 is 0.692 bits per heavy atom. The fourth-order valence-electron chi connectivity index (χ4n) is 4.43. The Hall–Kier alpha value is -3.71. The topological polar surface area (TPSA) is 261 Å². The molecule has 0 aliphatic heterocycles. The first-order chi connectivity index (χ1) is 17.9. The molecule has 1 aliphatic rings. The second-order valence-corrected chi connectivity index (χ2v) is 12.6. The number of fused-ring (bicyclic) bond motifs is 2. The van der Waals surface area contributed by atoms with Crippen molar-refractivity contribution in [2.24, 2.45) is 0 Å². The Labute approximate surface area is 221 Å². The molecule has 0 fully saturated rings. The van der Waals surface area contributed by atoms with Gasteiger partial charge in [-0.05, 0) is 36.9 Å². The Morgan fingerprint density at radius 2 is 1.26 bits per heavy atom. The maximum atomic E-state index is 13.7. The van der Waals surface area contributed by atoms with Crippen molar-refractivity contribution in [2.75, 3.05) is 18.5 Å². The van der Waals surface area contributed by atoms with Crippen molar-refractivity contribution >= 4 is 53.3 Å². The molecule has 0 bridgehead atoms. The van der Waals surface area contributed by atoms with Gasteiger partial charge in [0.1, 0.15) is 9.79 Å². The molecule has 17 heteroatoms. The Bertz CT molecular complexity index is 1950. The molecule has 0 atom stereocenters. The van der Waals surface area contributed by atoms with Crippen LogP contribution in [0.1, 0.15) is 37.4 Å². The number of rotatable bonds is 6. The van der Waals surface area contributed by atoms with E-state index in [0.717, 1.165) is 24.3 Å². The SMILES string of the molecule is CNCc1ccc(-c2c(N)c(S(=O)(=O)O)c(N)c3c2C(=O)c2cc(S(=O)(=O)O)ccc2C3=O)c(S(=O)(=O)O)c1. The van der Waals surface area contributed by atoms with Crippen molar-refractivity contribution in [1.82, 2.24) is 5.32 Å². The van der Waals surface area contributed by atoms with Crippen LogP contribution in [0.25, 0.3) is 11.1 Å². The van der Waals surface area contributed by atoms with E-state index in [4.69, 9.17) is 11.5 Å². The van der Waals surface area contributed by atoms with Gasteiger partial charge in [-0.3, -0.25) is 23.2 Å². The number of carbonyl (C=O) groups excluding carboxylic acids is 2. The molecule has 4 rings (SSSR count). The average Bonchev–Trinajstić information content (AvgIpc) is 2.80. The van der Waals surface area contributed by atoms with E-state index in [0.29, 0.717) is 11.6 Å². The van der Waals surface area contributed by atoms with Crippen LogP contribution in [0.4, 0.5) is 11.4 Å². The molecule has 0 aromatic heterocycles. The molecule has 206 valence electrons. The van der Waals surface area contributed by atoms with Crippen LogP contribution in [-0.4, -0.2) is 57.5 Å².